The average molecular weight is 334 g/mol. The fraction of sp³-hybridized carbons (Fsp3) is 0.529. The number of aromatic nitrogens is 3. The summed E-state index contributed by atoms with van der Waals surface area (Å²) in [6.45, 7) is 5.18. The first-order chi connectivity index (χ1) is 11.6. The minimum Gasteiger partial charge on any atom is -0.381 e. The van der Waals surface area contributed by atoms with Crippen molar-refractivity contribution in [2.45, 2.75) is 32.9 Å². The first kappa shape index (κ1) is 15.5. The van der Waals surface area contributed by atoms with Gasteiger partial charge in [-0.1, -0.05) is 0 Å². The summed E-state index contributed by atoms with van der Waals surface area (Å²) < 4.78 is 35.5. The molecular weight excluding hydrogens is 314 g/mol. The zero-order valence-electron chi connectivity index (χ0n) is 13.6. The lowest BCUT2D eigenvalue weighted by Gasteiger charge is -2.30. The summed E-state index contributed by atoms with van der Waals surface area (Å²) >= 11 is 0. The minimum atomic E-state index is -0.358. The molecule has 24 heavy (non-hydrogen) atoms. The maximum Gasteiger partial charge on any atom is 0.227 e. The molecule has 1 aromatic heterocycles. The molecule has 3 heterocycles. The molecule has 1 unspecified atom stereocenters. The molecule has 1 atom stereocenters. The van der Waals surface area contributed by atoms with Crippen LogP contribution in [0.15, 0.2) is 12.1 Å². The predicted molar refractivity (Wildman–Crippen MR) is 84.8 cm³/mol. The summed E-state index contributed by atoms with van der Waals surface area (Å²) in [7, 11) is 0. The molecular formula is C17H20F2N4O. The van der Waals surface area contributed by atoms with E-state index in [4.69, 9.17) is 4.74 Å². The number of hydrogen-bond acceptors (Lipinski definition) is 4. The summed E-state index contributed by atoms with van der Waals surface area (Å²) in [4.78, 5) is 1.99. The molecule has 0 N–H and O–H groups in total. The number of nitrogens with zero attached hydrogens (tertiary/aromatic N) is 4. The van der Waals surface area contributed by atoms with Gasteiger partial charge in [0.15, 0.2) is 0 Å². The summed E-state index contributed by atoms with van der Waals surface area (Å²) in [5.74, 6) is 1.33. The summed E-state index contributed by atoms with van der Waals surface area (Å²) in [6.07, 6.45) is 1.50. The molecule has 1 aromatic carbocycles. The van der Waals surface area contributed by atoms with Crippen molar-refractivity contribution in [3.63, 3.8) is 0 Å². The van der Waals surface area contributed by atoms with E-state index >= 15 is 0 Å². The van der Waals surface area contributed by atoms with Gasteiger partial charge < -0.3 is 9.64 Å². The molecule has 0 saturated carbocycles. The van der Waals surface area contributed by atoms with Crippen LogP contribution in [0.25, 0.3) is 0 Å². The summed E-state index contributed by atoms with van der Waals surface area (Å²) in [6, 6.07) is 2.40. The van der Waals surface area contributed by atoms with Crippen LogP contribution >= 0.6 is 0 Å². The number of fused-ring (bicyclic) bond motifs is 1. The number of ether oxygens (including phenoxy) is 1. The van der Waals surface area contributed by atoms with Gasteiger partial charge in [0, 0.05) is 37.7 Å². The van der Waals surface area contributed by atoms with Gasteiger partial charge in [-0.05, 0) is 37.5 Å². The topological polar surface area (TPSA) is 43.2 Å². The van der Waals surface area contributed by atoms with Crippen molar-refractivity contribution in [1.29, 1.82) is 0 Å². The zero-order valence-corrected chi connectivity index (χ0v) is 13.6. The molecule has 0 spiro atoms. The molecule has 2 aromatic rings. The normalized spacial score (nSPS) is 20.5. The molecule has 0 radical (unpaired) electrons. The van der Waals surface area contributed by atoms with Crippen molar-refractivity contribution in [3.05, 3.63) is 40.7 Å². The highest BCUT2D eigenvalue weighted by Gasteiger charge is 2.27. The van der Waals surface area contributed by atoms with E-state index in [9.17, 15) is 8.78 Å². The van der Waals surface area contributed by atoms with Gasteiger partial charge in [-0.25, -0.2) is 8.78 Å². The van der Waals surface area contributed by atoms with Crippen LogP contribution in [0, 0.1) is 24.5 Å². The fourth-order valence-corrected chi connectivity index (χ4v) is 3.57. The highest BCUT2D eigenvalue weighted by molar-refractivity contribution is 5.41. The molecule has 0 bridgehead atoms. The Morgan fingerprint density at radius 1 is 1.21 bits per heavy atom. The van der Waals surface area contributed by atoms with Gasteiger partial charge in [0.25, 0.3) is 0 Å². The Morgan fingerprint density at radius 2 is 2.00 bits per heavy atom. The number of anilines is 1. The smallest absolute Gasteiger partial charge is 0.227 e. The number of halogens is 2. The Hall–Kier alpha value is -2.02. The fourth-order valence-electron chi connectivity index (χ4n) is 3.57. The molecule has 0 amide bonds. The maximum absolute atomic E-state index is 14.1. The molecule has 128 valence electrons. The standard InChI is InChI=1S/C17H20F2N4O/c1-11-20-21-17(23(11)8-12-5-7-24-10-12)22-6-4-13-14(9-22)16(19)3-2-15(13)18/h2-3,12H,4-10H2,1H3. The quantitative estimate of drug-likeness (QED) is 0.865. The van der Waals surface area contributed by atoms with E-state index in [1.807, 2.05) is 11.8 Å². The number of hydrogen-bond donors (Lipinski definition) is 0. The van der Waals surface area contributed by atoms with Crippen LogP contribution in [-0.4, -0.2) is 34.5 Å². The van der Waals surface area contributed by atoms with E-state index in [0.717, 1.165) is 38.0 Å². The van der Waals surface area contributed by atoms with Gasteiger partial charge in [-0.3, -0.25) is 4.57 Å². The van der Waals surface area contributed by atoms with E-state index in [1.165, 1.54) is 12.1 Å². The monoisotopic (exact) mass is 334 g/mol. The second-order valence-electron chi connectivity index (χ2n) is 6.55. The van der Waals surface area contributed by atoms with Crippen LogP contribution in [0.5, 0.6) is 0 Å². The third-order valence-corrected chi connectivity index (χ3v) is 4.96. The Morgan fingerprint density at radius 3 is 2.75 bits per heavy atom. The largest absolute Gasteiger partial charge is 0.381 e. The van der Waals surface area contributed by atoms with Gasteiger partial charge in [0.2, 0.25) is 5.95 Å². The van der Waals surface area contributed by atoms with Crippen molar-refractivity contribution >= 4 is 5.95 Å². The van der Waals surface area contributed by atoms with Crippen molar-refractivity contribution in [1.82, 2.24) is 14.8 Å². The van der Waals surface area contributed by atoms with Gasteiger partial charge in [-0.15, -0.1) is 10.2 Å². The second-order valence-corrected chi connectivity index (χ2v) is 6.55. The SMILES string of the molecule is Cc1nnc(N2CCc3c(F)ccc(F)c3C2)n1CC1CCOC1. The zero-order chi connectivity index (χ0) is 16.7. The van der Waals surface area contributed by atoms with Gasteiger partial charge >= 0.3 is 0 Å². The first-order valence-corrected chi connectivity index (χ1v) is 8.31. The van der Waals surface area contributed by atoms with E-state index in [2.05, 4.69) is 14.8 Å². The van der Waals surface area contributed by atoms with Crippen LogP contribution in [0.2, 0.25) is 0 Å². The highest BCUT2D eigenvalue weighted by atomic mass is 19.1. The Bertz CT molecular complexity index is 755. The number of rotatable bonds is 3. The van der Waals surface area contributed by atoms with Crippen LogP contribution in [0.4, 0.5) is 14.7 Å². The molecule has 2 aliphatic rings. The van der Waals surface area contributed by atoms with E-state index in [-0.39, 0.29) is 11.6 Å². The molecule has 0 aliphatic carbocycles. The van der Waals surface area contributed by atoms with E-state index in [1.54, 1.807) is 0 Å². The molecule has 1 saturated heterocycles. The molecule has 5 nitrogen and oxygen atoms in total. The Kier molecular flexibility index (Phi) is 3.96. The van der Waals surface area contributed by atoms with Crippen molar-refractivity contribution < 1.29 is 13.5 Å². The Labute approximate surface area is 139 Å². The lowest BCUT2D eigenvalue weighted by atomic mass is 9.99. The van der Waals surface area contributed by atoms with Crippen LogP contribution in [-0.2, 0) is 24.2 Å². The third kappa shape index (κ3) is 2.66. The molecule has 2 aliphatic heterocycles. The number of benzene rings is 1. The van der Waals surface area contributed by atoms with E-state index in [0.29, 0.717) is 36.6 Å². The third-order valence-electron chi connectivity index (χ3n) is 4.96. The lowest BCUT2D eigenvalue weighted by molar-refractivity contribution is 0.182. The van der Waals surface area contributed by atoms with Gasteiger partial charge in [0.1, 0.15) is 17.5 Å². The Balaban J connectivity index is 1.62. The van der Waals surface area contributed by atoms with Crippen LogP contribution < -0.4 is 4.90 Å². The predicted octanol–water partition coefficient (Wildman–Crippen LogP) is 2.46. The first-order valence-electron chi connectivity index (χ1n) is 8.31. The molecule has 7 heteroatoms. The summed E-state index contributed by atoms with van der Waals surface area (Å²) in [5, 5.41) is 8.48. The number of aryl methyl sites for hydroxylation is 1. The van der Waals surface area contributed by atoms with Gasteiger partial charge in [-0.2, -0.15) is 0 Å². The second kappa shape index (κ2) is 6.12. The van der Waals surface area contributed by atoms with Crippen molar-refractivity contribution in [2.75, 3.05) is 24.7 Å². The molecule has 4 rings (SSSR count). The van der Waals surface area contributed by atoms with Crippen LogP contribution in [0.1, 0.15) is 23.4 Å². The average Bonchev–Trinajstić information content (AvgIpc) is 3.22. The van der Waals surface area contributed by atoms with Crippen molar-refractivity contribution in [2.24, 2.45) is 5.92 Å². The van der Waals surface area contributed by atoms with E-state index < -0.39 is 0 Å². The minimum absolute atomic E-state index is 0.318. The highest BCUT2D eigenvalue weighted by Crippen LogP contribution is 2.28. The summed E-state index contributed by atoms with van der Waals surface area (Å²) in [5.41, 5.74) is 0.913. The molecule has 1 fully saturated rings. The lowest BCUT2D eigenvalue weighted by Crippen LogP contribution is -2.34. The maximum atomic E-state index is 14.1. The van der Waals surface area contributed by atoms with Crippen molar-refractivity contribution in [3.8, 4) is 0 Å². The van der Waals surface area contributed by atoms with Gasteiger partial charge in [0.05, 0.1) is 6.61 Å². The van der Waals surface area contributed by atoms with Crippen LogP contribution in [0.3, 0.4) is 0 Å².